The fourth-order valence-electron chi connectivity index (χ4n) is 2.25. The maximum atomic E-state index is 11.4. The first-order valence-corrected chi connectivity index (χ1v) is 9.28. The van der Waals surface area contributed by atoms with E-state index in [0.29, 0.717) is 5.75 Å². The maximum absolute atomic E-state index is 11.4. The molecule has 1 aliphatic heterocycles. The molecule has 22 heavy (non-hydrogen) atoms. The van der Waals surface area contributed by atoms with Crippen LogP contribution in [0.3, 0.4) is 0 Å². The Hall–Kier alpha value is -0.950. The summed E-state index contributed by atoms with van der Waals surface area (Å²) in [5, 5.41) is 29.8. The second kappa shape index (κ2) is 7.08. The minimum atomic E-state index is -3.26. The molecule has 7 nitrogen and oxygen atoms in total. The number of aliphatic hydroxyl groups excluding tert-OH is 3. The molecule has 0 radical (unpaired) electrons. The molecular formula is C14H21O7P. The number of benzene rings is 1. The van der Waals surface area contributed by atoms with Gasteiger partial charge in [-0.15, -0.1) is 0 Å². The van der Waals surface area contributed by atoms with Crippen molar-refractivity contribution in [2.75, 3.05) is 12.8 Å². The van der Waals surface area contributed by atoms with Gasteiger partial charge in [-0.2, -0.15) is 0 Å². The lowest BCUT2D eigenvalue weighted by Gasteiger charge is -2.40. The fourth-order valence-corrected chi connectivity index (χ4v) is 2.99. The first-order chi connectivity index (χ1) is 10.3. The zero-order valence-corrected chi connectivity index (χ0v) is 13.0. The summed E-state index contributed by atoms with van der Waals surface area (Å²) < 4.78 is 22.3. The third-order valence-electron chi connectivity index (χ3n) is 3.49. The summed E-state index contributed by atoms with van der Waals surface area (Å²) in [7, 11) is -3.26. The van der Waals surface area contributed by atoms with Gasteiger partial charge < -0.3 is 29.7 Å². The Morgan fingerprint density at radius 2 is 1.77 bits per heavy atom. The molecule has 1 aliphatic rings. The summed E-state index contributed by atoms with van der Waals surface area (Å²) in [6, 6.07) is 8.61. The molecule has 4 N–H and O–H groups in total. The number of hydrogen-bond acceptors (Lipinski definition) is 6. The highest BCUT2D eigenvalue weighted by Crippen LogP contribution is 2.37. The summed E-state index contributed by atoms with van der Waals surface area (Å²) in [4.78, 5) is 9.33. The first-order valence-electron chi connectivity index (χ1n) is 6.98. The smallest absolute Gasteiger partial charge is 0.229 e. The largest absolute Gasteiger partial charge is 0.462 e. The molecule has 0 spiro atoms. The van der Waals surface area contributed by atoms with Crippen molar-refractivity contribution in [1.29, 1.82) is 0 Å². The molecule has 1 heterocycles. The average molecular weight is 332 g/mol. The third-order valence-corrected chi connectivity index (χ3v) is 4.58. The van der Waals surface area contributed by atoms with Crippen molar-refractivity contribution in [2.45, 2.75) is 37.1 Å². The van der Waals surface area contributed by atoms with E-state index in [0.717, 1.165) is 0 Å². The van der Waals surface area contributed by atoms with Gasteiger partial charge in [0.2, 0.25) is 6.29 Å². The monoisotopic (exact) mass is 332 g/mol. The van der Waals surface area contributed by atoms with Crippen LogP contribution in [-0.4, -0.2) is 63.7 Å². The molecule has 1 saturated heterocycles. The van der Waals surface area contributed by atoms with Crippen LogP contribution in [0.15, 0.2) is 30.3 Å². The van der Waals surface area contributed by atoms with Gasteiger partial charge >= 0.3 is 0 Å². The van der Waals surface area contributed by atoms with Gasteiger partial charge in [-0.1, -0.05) is 18.2 Å². The van der Waals surface area contributed by atoms with E-state index in [1.54, 1.807) is 30.3 Å². The number of ether oxygens (including phenoxy) is 2. The predicted octanol–water partition coefficient (Wildman–Crippen LogP) is 0.163. The van der Waals surface area contributed by atoms with Crippen LogP contribution < -0.4 is 4.74 Å². The molecule has 0 saturated carbocycles. The zero-order chi connectivity index (χ0) is 16.3. The molecule has 0 aromatic heterocycles. The van der Waals surface area contributed by atoms with Crippen molar-refractivity contribution >= 4 is 7.37 Å². The Labute approximate surface area is 128 Å². The number of aliphatic hydroxyl groups is 3. The van der Waals surface area contributed by atoms with Gasteiger partial charge in [-0.25, -0.2) is 0 Å². The lowest BCUT2D eigenvalue weighted by molar-refractivity contribution is -0.272. The molecule has 0 aliphatic carbocycles. The van der Waals surface area contributed by atoms with E-state index in [1.807, 2.05) is 0 Å². The number of para-hydroxylation sites is 1. The summed E-state index contributed by atoms with van der Waals surface area (Å²) in [5.74, 6) is 0.442. The lowest BCUT2D eigenvalue weighted by Crippen LogP contribution is -2.59. The molecule has 1 aromatic rings. The molecule has 0 bridgehead atoms. The van der Waals surface area contributed by atoms with Crippen LogP contribution >= 0.6 is 7.37 Å². The standard InChI is InChI=1S/C14H21O7P/c1-22(18,19)8-7-10-11(15)12(16)13(17)14(21-10)20-9-5-3-2-4-6-9/h2-6,10-17H,7-8H2,1H3,(H,18,19)/t10-,11-,12+,13+,14+/m1/s1. The quantitative estimate of drug-likeness (QED) is 0.568. The molecule has 6 atom stereocenters. The van der Waals surface area contributed by atoms with Gasteiger partial charge in [-0.3, -0.25) is 4.57 Å². The average Bonchev–Trinajstić information content (AvgIpc) is 2.47. The molecule has 1 fully saturated rings. The third kappa shape index (κ3) is 4.52. The van der Waals surface area contributed by atoms with Gasteiger partial charge in [0.05, 0.1) is 6.10 Å². The number of hydrogen-bond donors (Lipinski definition) is 4. The summed E-state index contributed by atoms with van der Waals surface area (Å²) in [6.07, 6.45) is -6.28. The van der Waals surface area contributed by atoms with Crippen LogP contribution in [0.25, 0.3) is 0 Å². The molecule has 8 heteroatoms. The fraction of sp³-hybridized carbons (Fsp3) is 0.571. The lowest BCUT2D eigenvalue weighted by atomic mass is 9.97. The van der Waals surface area contributed by atoms with Crippen molar-refractivity contribution in [3.63, 3.8) is 0 Å². The van der Waals surface area contributed by atoms with E-state index in [-0.39, 0.29) is 12.6 Å². The Bertz CT molecular complexity index is 517. The van der Waals surface area contributed by atoms with Crippen molar-refractivity contribution < 1.29 is 34.3 Å². The highest BCUT2D eigenvalue weighted by atomic mass is 31.2. The maximum Gasteiger partial charge on any atom is 0.229 e. The number of rotatable bonds is 5. The van der Waals surface area contributed by atoms with E-state index >= 15 is 0 Å². The topological polar surface area (TPSA) is 116 Å². The van der Waals surface area contributed by atoms with Gasteiger partial charge in [0, 0.05) is 12.8 Å². The molecule has 0 amide bonds. The Morgan fingerprint density at radius 1 is 1.14 bits per heavy atom. The SMILES string of the molecule is CP(=O)(O)CC[C@H]1O[C@H](Oc2ccccc2)[C@@H](O)[C@@H](O)[C@@H]1O. The van der Waals surface area contributed by atoms with E-state index < -0.39 is 38.1 Å². The zero-order valence-electron chi connectivity index (χ0n) is 12.1. The normalized spacial score (nSPS) is 34.9. The summed E-state index contributed by atoms with van der Waals surface area (Å²) in [6.45, 7) is 1.21. The van der Waals surface area contributed by atoms with Crippen LogP contribution in [0.1, 0.15) is 6.42 Å². The van der Waals surface area contributed by atoms with Crippen LogP contribution in [0, 0.1) is 0 Å². The summed E-state index contributed by atoms with van der Waals surface area (Å²) in [5.41, 5.74) is 0. The summed E-state index contributed by atoms with van der Waals surface area (Å²) >= 11 is 0. The van der Waals surface area contributed by atoms with Gasteiger partial charge in [0.25, 0.3) is 0 Å². The minimum Gasteiger partial charge on any atom is -0.462 e. The highest BCUT2D eigenvalue weighted by Gasteiger charge is 2.45. The molecule has 2 rings (SSSR count). The van der Waals surface area contributed by atoms with E-state index in [4.69, 9.17) is 9.47 Å². The van der Waals surface area contributed by atoms with Crippen LogP contribution in [0.5, 0.6) is 5.75 Å². The Kier molecular flexibility index (Phi) is 5.60. The van der Waals surface area contributed by atoms with Crippen LogP contribution in [-0.2, 0) is 9.30 Å². The molecule has 124 valence electrons. The minimum absolute atomic E-state index is 0.0599. The van der Waals surface area contributed by atoms with Gasteiger partial charge in [0.1, 0.15) is 24.1 Å². The van der Waals surface area contributed by atoms with Gasteiger partial charge in [-0.05, 0) is 18.6 Å². The van der Waals surface area contributed by atoms with Crippen molar-refractivity contribution in [2.24, 2.45) is 0 Å². The van der Waals surface area contributed by atoms with Crippen LogP contribution in [0.4, 0.5) is 0 Å². The predicted molar refractivity (Wildman–Crippen MR) is 79.0 cm³/mol. The molecule has 1 unspecified atom stereocenters. The molecular weight excluding hydrogens is 311 g/mol. The highest BCUT2D eigenvalue weighted by molar-refractivity contribution is 7.57. The second-order valence-corrected chi connectivity index (χ2v) is 8.06. The van der Waals surface area contributed by atoms with Crippen LogP contribution in [0.2, 0.25) is 0 Å². The van der Waals surface area contributed by atoms with E-state index in [1.165, 1.54) is 6.66 Å². The van der Waals surface area contributed by atoms with Crippen molar-refractivity contribution in [1.82, 2.24) is 0 Å². The Morgan fingerprint density at radius 3 is 2.36 bits per heavy atom. The van der Waals surface area contributed by atoms with Crippen molar-refractivity contribution in [3.8, 4) is 5.75 Å². The first kappa shape index (κ1) is 17.4. The van der Waals surface area contributed by atoms with Gasteiger partial charge in [0.15, 0.2) is 7.37 Å². The molecule has 1 aromatic carbocycles. The van der Waals surface area contributed by atoms with E-state index in [2.05, 4.69) is 0 Å². The van der Waals surface area contributed by atoms with E-state index in [9.17, 15) is 24.8 Å². The second-order valence-electron chi connectivity index (χ2n) is 5.51. The Balaban J connectivity index is 2.05. The van der Waals surface area contributed by atoms with Crippen molar-refractivity contribution in [3.05, 3.63) is 30.3 Å².